The van der Waals surface area contributed by atoms with Crippen LogP contribution in [0.5, 0.6) is 0 Å². The second-order valence-electron chi connectivity index (χ2n) is 2.74. The molecule has 0 aliphatic carbocycles. The van der Waals surface area contributed by atoms with E-state index in [0.29, 0.717) is 0 Å². The number of hydrazine groups is 1. The summed E-state index contributed by atoms with van der Waals surface area (Å²) < 4.78 is 0. The number of nitrogens with two attached hydrogens (primary N) is 1. The highest BCUT2D eigenvalue weighted by Crippen LogP contribution is 2.14. The van der Waals surface area contributed by atoms with Gasteiger partial charge in [-0.05, 0) is 25.0 Å². The summed E-state index contributed by atoms with van der Waals surface area (Å²) in [5.74, 6) is 5.32. The average Bonchev–Trinajstić information content (AvgIpc) is 2.04. The minimum absolute atomic E-state index is 0.233. The normalized spacial score (nSPS) is 13.0. The first kappa shape index (κ1) is 8.24. The molecule has 1 rings (SSSR count). The molecule has 0 saturated heterocycles. The number of rotatable bonds is 2. The zero-order valence-corrected chi connectivity index (χ0v) is 6.96. The fourth-order valence-electron chi connectivity index (χ4n) is 1.16. The van der Waals surface area contributed by atoms with E-state index < -0.39 is 0 Å². The summed E-state index contributed by atoms with van der Waals surface area (Å²) in [6, 6.07) is 8.46. The van der Waals surface area contributed by atoms with Crippen LogP contribution in [0.15, 0.2) is 24.3 Å². The average molecular weight is 150 g/mol. The minimum Gasteiger partial charge on any atom is -0.271 e. The van der Waals surface area contributed by atoms with Gasteiger partial charge in [-0.2, -0.15) is 0 Å². The summed E-state index contributed by atoms with van der Waals surface area (Å²) in [7, 11) is 0. The summed E-state index contributed by atoms with van der Waals surface area (Å²) in [5, 5.41) is 0. The number of hydrogen-bond donors (Lipinski definition) is 2. The van der Waals surface area contributed by atoms with Gasteiger partial charge in [-0.25, -0.2) is 0 Å². The van der Waals surface area contributed by atoms with E-state index in [4.69, 9.17) is 5.84 Å². The van der Waals surface area contributed by atoms with E-state index in [1.165, 1.54) is 11.1 Å². The van der Waals surface area contributed by atoms with Gasteiger partial charge in [-0.1, -0.05) is 24.3 Å². The van der Waals surface area contributed by atoms with Crippen molar-refractivity contribution >= 4 is 0 Å². The van der Waals surface area contributed by atoms with Gasteiger partial charge in [0.1, 0.15) is 0 Å². The number of benzene rings is 1. The van der Waals surface area contributed by atoms with Gasteiger partial charge in [-0.3, -0.25) is 11.3 Å². The van der Waals surface area contributed by atoms with Gasteiger partial charge in [-0.15, -0.1) is 0 Å². The van der Waals surface area contributed by atoms with Gasteiger partial charge in [0.15, 0.2) is 0 Å². The second kappa shape index (κ2) is 3.51. The smallest absolute Gasteiger partial charge is 0.0434 e. The Morgan fingerprint density at radius 2 is 2.00 bits per heavy atom. The Morgan fingerprint density at radius 1 is 1.36 bits per heavy atom. The Bertz CT molecular complexity index is 233. The van der Waals surface area contributed by atoms with Crippen molar-refractivity contribution in [3.05, 3.63) is 35.4 Å². The Morgan fingerprint density at radius 3 is 2.55 bits per heavy atom. The van der Waals surface area contributed by atoms with Crippen LogP contribution in [-0.2, 0) is 0 Å². The van der Waals surface area contributed by atoms with Crippen LogP contribution in [0.4, 0.5) is 0 Å². The third-order valence-corrected chi connectivity index (χ3v) is 1.90. The number of nitrogens with one attached hydrogen (secondary N) is 1. The van der Waals surface area contributed by atoms with Crippen molar-refractivity contribution in [3.63, 3.8) is 0 Å². The quantitative estimate of drug-likeness (QED) is 0.495. The van der Waals surface area contributed by atoms with Crippen LogP contribution < -0.4 is 11.3 Å². The Kier molecular flexibility index (Phi) is 2.63. The Hall–Kier alpha value is -0.860. The largest absolute Gasteiger partial charge is 0.271 e. The standard InChI is InChI=1S/C9H14N2/c1-7-5-3-4-6-9(7)8(2)11-10/h3-6,8,11H,10H2,1-2H3. The first-order valence-electron chi connectivity index (χ1n) is 3.77. The molecule has 0 amide bonds. The molecule has 3 N–H and O–H groups in total. The van der Waals surface area contributed by atoms with E-state index in [1.807, 2.05) is 19.1 Å². The van der Waals surface area contributed by atoms with Crippen LogP contribution in [0.2, 0.25) is 0 Å². The zero-order chi connectivity index (χ0) is 8.27. The van der Waals surface area contributed by atoms with Gasteiger partial charge in [0.25, 0.3) is 0 Å². The van der Waals surface area contributed by atoms with Gasteiger partial charge >= 0.3 is 0 Å². The zero-order valence-electron chi connectivity index (χ0n) is 6.96. The van der Waals surface area contributed by atoms with Gasteiger partial charge < -0.3 is 0 Å². The van der Waals surface area contributed by atoms with E-state index in [9.17, 15) is 0 Å². The highest BCUT2D eigenvalue weighted by atomic mass is 15.2. The monoisotopic (exact) mass is 150 g/mol. The van der Waals surface area contributed by atoms with Crippen molar-refractivity contribution < 1.29 is 0 Å². The lowest BCUT2D eigenvalue weighted by molar-refractivity contribution is 0.599. The molecule has 1 unspecified atom stereocenters. The Balaban J connectivity index is 2.93. The first-order valence-corrected chi connectivity index (χ1v) is 3.77. The first-order chi connectivity index (χ1) is 5.25. The molecular weight excluding hydrogens is 136 g/mol. The maximum absolute atomic E-state index is 5.32. The van der Waals surface area contributed by atoms with Crippen LogP contribution in [-0.4, -0.2) is 0 Å². The molecule has 0 radical (unpaired) electrons. The van der Waals surface area contributed by atoms with Crippen molar-refractivity contribution in [3.8, 4) is 0 Å². The predicted octanol–water partition coefficient (Wildman–Crippen LogP) is 1.52. The predicted molar refractivity (Wildman–Crippen MR) is 46.9 cm³/mol. The number of hydrogen-bond acceptors (Lipinski definition) is 2. The molecule has 60 valence electrons. The molecule has 0 spiro atoms. The maximum Gasteiger partial charge on any atom is 0.0434 e. The van der Waals surface area contributed by atoms with Crippen LogP contribution in [0.1, 0.15) is 24.1 Å². The molecule has 0 fully saturated rings. The van der Waals surface area contributed by atoms with Crippen molar-refractivity contribution in [1.29, 1.82) is 0 Å². The highest BCUT2D eigenvalue weighted by Gasteiger charge is 2.03. The van der Waals surface area contributed by atoms with E-state index >= 15 is 0 Å². The molecule has 2 nitrogen and oxygen atoms in total. The van der Waals surface area contributed by atoms with Crippen LogP contribution >= 0.6 is 0 Å². The van der Waals surface area contributed by atoms with Gasteiger partial charge in [0.2, 0.25) is 0 Å². The molecule has 1 atom stereocenters. The lowest BCUT2D eigenvalue weighted by Crippen LogP contribution is -2.26. The van der Waals surface area contributed by atoms with E-state index in [-0.39, 0.29) is 6.04 Å². The third-order valence-electron chi connectivity index (χ3n) is 1.90. The molecule has 0 aliphatic heterocycles. The van der Waals surface area contributed by atoms with Gasteiger partial charge in [0.05, 0.1) is 0 Å². The van der Waals surface area contributed by atoms with E-state index in [2.05, 4.69) is 24.5 Å². The SMILES string of the molecule is Cc1ccccc1C(C)NN. The molecule has 11 heavy (non-hydrogen) atoms. The number of aryl methyl sites for hydroxylation is 1. The topological polar surface area (TPSA) is 38.0 Å². The molecule has 0 heterocycles. The maximum atomic E-state index is 5.32. The molecule has 1 aromatic rings. The van der Waals surface area contributed by atoms with E-state index in [0.717, 1.165) is 0 Å². The fourth-order valence-corrected chi connectivity index (χ4v) is 1.16. The Labute approximate surface area is 67.4 Å². The lowest BCUT2D eigenvalue weighted by atomic mass is 10.0. The second-order valence-corrected chi connectivity index (χ2v) is 2.74. The summed E-state index contributed by atoms with van der Waals surface area (Å²) in [4.78, 5) is 0. The summed E-state index contributed by atoms with van der Waals surface area (Å²) >= 11 is 0. The van der Waals surface area contributed by atoms with Gasteiger partial charge in [0, 0.05) is 6.04 Å². The fraction of sp³-hybridized carbons (Fsp3) is 0.333. The molecule has 0 aliphatic rings. The van der Waals surface area contributed by atoms with Crippen molar-refractivity contribution in [2.24, 2.45) is 5.84 Å². The van der Waals surface area contributed by atoms with Crippen molar-refractivity contribution in [2.45, 2.75) is 19.9 Å². The summed E-state index contributed by atoms with van der Waals surface area (Å²) in [5.41, 5.74) is 5.26. The van der Waals surface area contributed by atoms with Crippen LogP contribution in [0.25, 0.3) is 0 Å². The molecule has 0 bridgehead atoms. The highest BCUT2D eigenvalue weighted by molar-refractivity contribution is 5.27. The van der Waals surface area contributed by atoms with Crippen LogP contribution in [0, 0.1) is 6.92 Å². The molecule has 0 aromatic heterocycles. The lowest BCUT2D eigenvalue weighted by Gasteiger charge is -2.12. The molecule has 2 heteroatoms. The minimum atomic E-state index is 0.233. The van der Waals surface area contributed by atoms with Crippen molar-refractivity contribution in [2.75, 3.05) is 0 Å². The molecule has 1 aromatic carbocycles. The van der Waals surface area contributed by atoms with Crippen molar-refractivity contribution in [1.82, 2.24) is 5.43 Å². The summed E-state index contributed by atoms with van der Waals surface area (Å²) in [6.07, 6.45) is 0. The third kappa shape index (κ3) is 1.79. The molecule has 0 saturated carbocycles. The van der Waals surface area contributed by atoms with E-state index in [1.54, 1.807) is 0 Å². The summed E-state index contributed by atoms with van der Waals surface area (Å²) in [6.45, 7) is 4.13. The van der Waals surface area contributed by atoms with Crippen LogP contribution in [0.3, 0.4) is 0 Å². The molecular formula is C9H14N2.